The lowest BCUT2D eigenvalue weighted by Gasteiger charge is -2.19. The highest BCUT2D eigenvalue weighted by atomic mass is 32.2. The van der Waals surface area contributed by atoms with Crippen molar-refractivity contribution in [3.8, 4) is 0 Å². The van der Waals surface area contributed by atoms with E-state index in [1.54, 1.807) is 11.8 Å². The van der Waals surface area contributed by atoms with Crippen molar-refractivity contribution in [3.05, 3.63) is 24.3 Å². The third-order valence-corrected chi connectivity index (χ3v) is 4.55. The van der Waals surface area contributed by atoms with Crippen molar-refractivity contribution in [1.29, 1.82) is 0 Å². The Morgan fingerprint density at radius 2 is 2.08 bits per heavy atom. The second-order valence-corrected chi connectivity index (χ2v) is 5.01. The van der Waals surface area contributed by atoms with Crippen molar-refractivity contribution in [3.63, 3.8) is 0 Å². The molecule has 0 unspecified atom stereocenters. The number of carboxylic acid groups (broad SMARTS) is 1. The number of carboxylic acids is 1. The number of fused-ring (bicyclic) bond motifs is 1. The molecule has 1 atom stereocenters. The van der Waals surface area contributed by atoms with Gasteiger partial charge in [0.2, 0.25) is 0 Å². The van der Waals surface area contributed by atoms with Gasteiger partial charge in [0.1, 0.15) is 5.25 Å². The predicted octanol–water partition coefficient (Wildman–Crippen LogP) is 2.34. The molecule has 0 fully saturated rings. The van der Waals surface area contributed by atoms with Crippen LogP contribution in [0.4, 0.5) is 0 Å². The molecule has 0 spiro atoms. The molecule has 1 aromatic rings. The van der Waals surface area contributed by atoms with E-state index in [4.69, 9.17) is 5.11 Å². The Morgan fingerprint density at radius 1 is 1.38 bits per heavy atom. The Labute approximate surface area is 84.7 Å². The molecule has 0 aromatic heterocycles. The van der Waals surface area contributed by atoms with Gasteiger partial charge in [-0.2, -0.15) is 0 Å². The molecular weight excluding hydrogens is 204 g/mol. The molecule has 0 radical (unpaired) electrons. The summed E-state index contributed by atoms with van der Waals surface area (Å²) < 4.78 is 0. The number of hydrogen-bond acceptors (Lipinski definition) is 3. The standard InChI is InChI=1S/C9H8O2S2/c10-9(11)8-5-12-6-3-1-2-4-7(6)13-8/h1-4,8H,5H2,(H,10,11)/t8-/m0/s1. The molecule has 0 saturated carbocycles. The number of thioether (sulfide) groups is 2. The lowest BCUT2D eigenvalue weighted by Crippen LogP contribution is -2.21. The zero-order valence-corrected chi connectivity index (χ0v) is 8.40. The van der Waals surface area contributed by atoms with E-state index in [0.29, 0.717) is 5.75 Å². The van der Waals surface area contributed by atoms with E-state index in [1.807, 2.05) is 24.3 Å². The molecule has 2 nitrogen and oxygen atoms in total. The Bertz CT molecular complexity index is 338. The molecule has 0 saturated heterocycles. The molecule has 1 N–H and O–H groups in total. The summed E-state index contributed by atoms with van der Waals surface area (Å²) in [6.45, 7) is 0. The molecule has 68 valence electrons. The van der Waals surface area contributed by atoms with Crippen molar-refractivity contribution in [1.82, 2.24) is 0 Å². The van der Waals surface area contributed by atoms with Crippen LogP contribution >= 0.6 is 23.5 Å². The molecule has 2 rings (SSSR count). The maximum absolute atomic E-state index is 10.7. The van der Waals surface area contributed by atoms with Crippen LogP contribution in [0.25, 0.3) is 0 Å². The second-order valence-electron chi connectivity index (χ2n) is 2.70. The van der Waals surface area contributed by atoms with Crippen LogP contribution in [0.1, 0.15) is 0 Å². The zero-order valence-electron chi connectivity index (χ0n) is 6.77. The van der Waals surface area contributed by atoms with E-state index in [-0.39, 0.29) is 5.25 Å². The Kier molecular flexibility index (Phi) is 2.51. The maximum atomic E-state index is 10.7. The molecule has 1 heterocycles. The van der Waals surface area contributed by atoms with Gasteiger partial charge in [0.15, 0.2) is 0 Å². The highest BCUT2D eigenvalue weighted by molar-refractivity contribution is 8.06. The monoisotopic (exact) mass is 212 g/mol. The van der Waals surface area contributed by atoms with Gasteiger partial charge >= 0.3 is 5.97 Å². The van der Waals surface area contributed by atoms with Gasteiger partial charge in [0, 0.05) is 15.5 Å². The van der Waals surface area contributed by atoms with Crippen LogP contribution in [0.2, 0.25) is 0 Å². The van der Waals surface area contributed by atoms with Gasteiger partial charge in [0.25, 0.3) is 0 Å². The van der Waals surface area contributed by atoms with Gasteiger partial charge in [-0.3, -0.25) is 4.79 Å². The van der Waals surface area contributed by atoms with E-state index in [1.165, 1.54) is 16.7 Å². The molecule has 13 heavy (non-hydrogen) atoms. The Balaban J connectivity index is 2.24. The first-order chi connectivity index (χ1) is 6.27. The molecule has 0 bridgehead atoms. The summed E-state index contributed by atoms with van der Waals surface area (Å²) >= 11 is 3.07. The summed E-state index contributed by atoms with van der Waals surface area (Å²) in [4.78, 5) is 13.0. The minimum Gasteiger partial charge on any atom is -0.480 e. The predicted molar refractivity (Wildman–Crippen MR) is 54.4 cm³/mol. The van der Waals surface area contributed by atoms with Gasteiger partial charge < -0.3 is 5.11 Å². The van der Waals surface area contributed by atoms with Crippen LogP contribution in [0.5, 0.6) is 0 Å². The van der Waals surface area contributed by atoms with Crippen molar-refractivity contribution < 1.29 is 9.90 Å². The summed E-state index contributed by atoms with van der Waals surface area (Å²) in [6, 6.07) is 7.93. The Morgan fingerprint density at radius 3 is 2.77 bits per heavy atom. The summed E-state index contributed by atoms with van der Waals surface area (Å²) in [5.74, 6) is -0.0520. The zero-order chi connectivity index (χ0) is 9.26. The summed E-state index contributed by atoms with van der Waals surface area (Å²) in [7, 11) is 0. The largest absolute Gasteiger partial charge is 0.480 e. The smallest absolute Gasteiger partial charge is 0.317 e. The number of benzene rings is 1. The average Bonchev–Trinajstić information content (AvgIpc) is 2.17. The van der Waals surface area contributed by atoms with Gasteiger partial charge in [-0.15, -0.1) is 23.5 Å². The van der Waals surface area contributed by atoms with Crippen LogP contribution in [0, 0.1) is 0 Å². The number of rotatable bonds is 1. The highest BCUT2D eigenvalue weighted by Crippen LogP contribution is 2.40. The quantitative estimate of drug-likeness (QED) is 0.775. The molecule has 0 aliphatic carbocycles. The minimum atomic E-state index is -0.716. The van der Waals surface area contributed by atoms with E-state index < -0.39 is 5.97 Å². The lowest BCUT2D eigenvalue weighted by molar-refractivity contribution is -0.135. The van der Waals surface area contributed by atoms with Crippen molar-refractivity contribution in [2.75, 3.05) is 5.75 Å². The molecule has 1 aromatic carbocycles. The van der Waals surface area contributed by atoms with Gasteiger partial charge in [-0.1, -0.05) is 12.1 Å². The third-order valence-electron chi connectivity index (χ3n) is 1.78. The minimum absolute atomic E-state index is 0.292. The maximum Gasteiger partial charge on any atom is 0.317 e. The van der Waals surface area contributed by atoms with Crippen LogP contribution in [-0.2, 0) is 4.79 Å². The average molecular weight is 212 g/mol. The van der Waals surface area contributed by atoms with Crippen LogP contribution in [0.3, 0.4) is 0 Å². The molecule has 4 heteroatoms. The first-order valence-corrected chi connectivity index (χ1v) is 5.75. The Hall–Kier alpha value is -0.610. The fourth-order valence-corrected chi connectivity index (χ4v) is 3.55. The summed E-state index contributed by atoms with van der Waals surface area (Å²) in [6.07, 6.45) is 0. The van der Waals surface area contributed by atoms with Gasteiger partial charge in [-0.25, -0.2) is 0 Å². The fraction of sp³-hybridized carbons (Fsp3) is 0.222. The SMILES string of the molecule is O=C(O)[C@@H]1CSc2ccccc2S1. The van der Waals surface area contributed by atoms with Crippen LogP contribution in [0.15, 0.2) is 34.1 Å². The van der Waals surface area contributed by atoms with E-state index in [2.05, 4.69) is 0 Å². The van der Waals surface area contributed by atoms with E-state index in [9.17, 15) is 4.79 Å². The first-order valence-electron chi connectivity index (χ1n) is 3.88. The van der Waals surface area contributed by atoms with Crippen molar-refractivity contribution in [2.24, 2.45) is 0 Å². The third kappa shape index (κ3) is 1.84. The van der Waals surface area contributed by atoms with E-state index >= 15 is 0 Å². The fourth-order valence-electron chi connectivity index (χ4n) is 1.14. The summed E-state index contributed by atoms with van der Waals surface area (Å²) in [5.41, 5.74) is 0. The number of hydrogen-bond donors (Lipinski definition) is 1. The van der Waals surface area contributed by atoms with Crippen molar-refractivity contribution >= 4 is 29.5 Å². The van der Waals surface area contributed by atoms with Gasteiger partial charge in [0.05, 0.1) is 0 Å². The number of aliphatic carboxylic acids is 1. The number of carbonyl (C=O) groups is 1. The summed E-state index contributed by atoms with van der Waals surface area (Å²) in [5, 5.41) is 8.54. The molecular formula is C9H8O2S2. The first kappa shape index (κ1) is 8.97. The van der Waals surface area contributed by atoms with Gasteiger partial charge in [-0.05, 0) is 12.1 Å². The van der Waals surface area contributed by atoms with Crippen LogP contribution < -0.4 is 0 Å². The second kappa shape index (κ2) is 3.64. The normalized spacial score (nSPS) is 20.8. The topological polar surface area (TPSA) is 37.3 Å². The highest BCUT2D eigenvalue weighted by Gasteiger charge is 2.24. The lowest BCUT2D eigenvalue weighted by atomic mass is 10.4. The van der Waals surface area contributed by atoms with Crippen LogP contribution in [-0.4, -0.2) is 22.1 Å². The molecule has 0 amide bonds. The molecule has 1 aliphatic rings. The van der Waals surface area contributed by atoms with Crippen molar-refractivity contribution in [2.45, 2.75) is 15.0 Å². The molecule has 1 aliphatic heterocycles. The van der Waals surface area contributed by atoms with E-state index in [0.717, 1.165) is 4.90 Å².